The van der Waals surface area contributed by atoms with Crippen LogP contribution in [0.5, 0.6) is 11.5 Å². The van der Waals surface area contributed by atoms with Crippen molar-refractivity contribution in [3.05, 3.63) is 47.7 Å². The molecule has 0 aliphatic carbocycles. The van der Waals surface area contributed by atoms with Crippen molar-refractivity contribution in [1.29, 1.82) is 5.26 Å². The van der Waals surface area contributed by atoms with E-state index in [9.17, 15) is 5.26 Å². The number of piperidine rings is 3. The van der Waals surface area contributed by atoms with Crippen LogP contribution >= 0.6 is 0 Å². The molecular formula is C22H22N4O2. The Bertz CT molecular complexity index is 963. The number of benzene rings is 1. The van der Waals surface area contributed by atoms with Gasteiger partial charge in [0.15, 0.2) is 11.5 Å². The summed E-state index contributed by atoms with van der Waals surface area (Å²) in [5, 5.41) is 9.64. The molecule has 3 atom stereocenters. The quantitative estimate of drug-likeness (QED) is 0.806. The van der Waals surface area contributed by atoms with Crippen LogP contribution < -0.4 is 14.4 Å². The van der Waals surface area contributed by atoms with E-state index in [-0.39, 0.29) is 0 Å². The van der Waals surface area contributed by atoms with E-state index in [0.717, 1.165) is 23.9 Å². The van der Waals surface area contributed by atoms with Crippen molar-refractivity contribution in [1.82, 2.24) is 9.88 Å². The molecule has 2 bridgehead atoms. The first-order valence-electron chi connectivity index (χ1n) is 10.1. The first kappa shape index (κ1) is 16.2. The molecule has 5 aliphatic rings. The number of aromatic nitrogens is 1. The van der Waals surface area contributed by atoms with E-state index in [2.05, 4.69) is 33.0 Å². The summed E-state index contributed by atoms with van der Waals surface area (Å²) in [6.07, 6.45) is 4.28. The van der Waals surface area contributed by atoms with Crippen molar-refractivity contribution in [3.8, 4) is 17.6 Å². The van der Waals surface area contributed by atoms with Crippen molar-refractivity contribution in [3.63, 3.8) is 0 Å². The third-order valence-electron chi connectivity index (χ3n) is 7.00. The molecule has 0 saturated carbocycles. The number of nitriles is 1. The smallest absolute Gasteiger partial charge is 0.231 e. The number of anilines is 1. The summed E-state index contributed by atoms with van der Waals surface area (Å²) in [5.74, 6) is 3.56. The van der Waals surface area contributed by atoms with Gasteiger partial charge in [0, 0.05) is 30.7 Å². The lowest BCUT2D eigenvalue weighted by Gasteiger charge is -2.51. The first-order valence-corrected chi connectivity index (χ1v) is 10.1. The SMILES string of the molecule is N#Cc1cccnc1N1C[C@H](c2ccc3c(c2)OCO3)[C@H]2[C@@H]1C1CCN2CC1. The van der Waals surface area contributed by atoms with Crippen LogP contribution in [0.15, 0.2) is 36.5 Å². The number of hydrogen-bond donors (Lipinski definition) is 0. The molecule has 0 unspecified atom stereocenters. The van der Waals surface area contributed by atoms with Crippen LogP contribution in [-0.2, 0) is 0 Å². The molecule has 0 radical (unpaired) electrons. The van der Waals surface area contributed by atoms with Crippen molar-refractivity contribution < 1.29 is 9.47 Å². The summed E-state index contributed by atoms with van der Waals surface area (Å²) in [7, 11) is 0. The second kappa shape index (κ2) is 6.11. The second-order valence-electron chi connectivity index (χ2n) is 8.21. The van der Waals surface area contributed by atoms with E-state index < -0.39 is 0 Å². The Kier molecular flexibility index (Phi) is 3.54. The molecule has 0 spiro atoms. The maximum atomic E-state index is 9.64. The molecule has 2 aromatic rings. The molecular weight excluding hydrogens is 352 g/mol. The normalized spacial score (nSPS) is 32.2. The third kappa shape index (κ3) is 2.26. The molecule has 0 N–H and O–H groups in total. The van der Waals surface area contributed by atoms with E-state index in [1.165, 1.54) is 31.5 Å². The van der Waals surface area contributed by atoms with Gasteiger partial charge in [0.25, 0.3) is 0 Å². The minimum absolute atomic E-state index is 0.301. The summed E-state index contributed by atoms with van der Waals surface area (Å²) < 4.78 is 11.1. The fraction of sp³-hybridized carbons (Fsp3) is 0.455. The van der Waals surface area contributed by atoms with E-state index in [0.29, 0.717) is 36.3 Å². The van der Waals surface area contributed by atoms with Gasteiger partial charge in [-0.05, 0) is 61.7 Å². The maximum Gasteiger partial charge on any atom is 0.231 e. The van der Waals surface area contributed by atoms with Gasteiger partial charge in [-0.25, -0.2) is 4.98 Å². The second-order valence-corrected chi connectivity index (χ2v) is 8.21. The number of rotatable bonds is 2. The van der Waals surface area contributed by atoms with Gasteiger partial charge in [-0.2, -0.15) is 5.26 Å². The maximum absolute atomic E-state index is 9.64. The van der Waals surface area contributed by atoms with Crippen LogP contribution in [0.2, 0.25) is 0 Å². The number of hydrogen-bond acceptors (Lipinski definition) is 6. The Labute approximate surface area is 164 Å². The zero-order valence-corrected chi connectivity index (χ0v) is 15.6. The van der Waals surface area contributed by atoms with Crippen molar-refractivity contribution in [2.75, 3.05) is 31.3 Å². The number of ether oxygens (including phenoxy) is 2. The fourth-order valence-electron chi connectivity index (χ4n) is 5.81. The lowest BCUT2D eigenvalue weighted by molar-refractivity contribution is 0.0354. The van der Waals surface area contributed by atoms with Gasteiger partial charge >= 0.3 is 0 Å². The summed E-state index contributed by atoms with van der Waals surface area (Å²) in [6.45, 7) is 3.53. The van der Waals surface area contributed by atoms with Crippen molar-refractivity contribution in [2.24, 2.45) is 5.92 Å². The molecule has 6 heteroatoms. The highest BCUT2D eigenvalue weighted by molar-refractivity contribution is 5.57. The molecule has 1 aromatic heterocycles. The summed E-state index contributed by atoms with van der Waals surface area (Å²) in [6, 6.07) is 13.3. The lowest BCUT2D eigenvalue weighted by atomic mass is 9.75. The van der Waals surface area contributed by atoms with Gasteiger partial charge in [-0.1, -0.05) is 6.07 Å². The Balaban J connectivity index is 1.44. The van der Waals surface area contributed by atoms with Gasteiger partial charge in [0.1, 0.15) is 11.9 Å². The molecule has 6 nitrogen and oxygen atoms in total. The molecule has 5 aliphatic heterocycles. The third-order valence-corrected chi connectivity index (χ3v) is 7.00. The fourth-order valence-corrected chi connectivity index (χ4v) is 5.81. The van der Waals surface area contributed by atoms with Gasteiger partial charge in [-0.15, -0.1) is 0 Å². The number of fused-ring (bicyclic) bond motifs is 3. The van der Waals surface area contributed by atoms with Crippen LogP contribution in [0.25, 0.3) is 0 Å². The summed E-state index contributed by atoms with van der Waals surface area (Å²) in [5.41, 5.74) is 1.97. The molecule has 142 valence electrons. The number of pyridine rings is 1. The zero-order valence-electron chi connectivity index (χ0n) is 15.6. The predicted octanol–water partition coefficient (Wildman–Crippen LogP) is 2.75. The zero-order chi connectivity index (χ0) is 18.7. The van der Waals surface area contributed by atoms with Crippen LogP contribution in [0.4, 0.5) is 5.82 Å². The highest BCUT2D eigenvalue weighted by Gasteiger charge is 2.54. The van der Waals surface area contributed by atoms with E-state index in [4.69, 9.17) is 9.47 Å². The lowest BCUT2D eigenvalue weighted by Crippen LogP contribution is -2.60. The highest BCUT2D eigenvalue weighted by Crippen LogP contribution is 2.49. The van der Waals surface area contributed by atoms with Gasteiger partial charge in [0.05, 0.1) is 5.56 Å². The summed E-state index contributed by atoms with van der Waals surface area (Å²) in [4.78, 5) is 9.72. The van der Waals surface area contributed by atoms with Gasteiger partial charge in [-0.3, -0.25) is 4.90 Å². The Morgan fingerprint density at radius 2 is 1.93 bits per heavy atom. The Hall–Kier alpha value is -2.78. The topological polar surface area (TPSA) is 61.6 Å². The molecule has 6 heterocycles. The largest absolute Gasteiger partial charge is 0.454 e. The molecule has 0 amide bonds. The number of nitrogens with zero attached hydrogens (tertiary/aromatic N) is 4. The Morgan fingerprint density at radius 3 is 2.79 bits per heavy atom. The average molecular weight is 374 g/mol. The molecule has 1 aromatic carbocycles. The molecule has 7 rings (SSSR count). The Morgan fingerprint density at radius 1 is 1.07 bits per heavy atom. The van der Waals surface area contributed by atoms with Gasteiger partial charge < -0.3 is 14.4 Å². The minimum atomic E-state index is 0.301. The summed E-state index contributed by atoms with van der Waals surface area (Å²) >= 11 is 0. The van der Waals surface area contributed by atoms with Gasteiger partial charge in [0.2, 0.25) is 6.79 Å². The van der Waals surface area contributed by atoms with Crippen molar-refractivity contribution in [2.45, 2.75) is 30.8 Å². The monoisotopic (exact) mass is 374 g/mol. The van der Waals surface area contributed by atoms with E-state index >= 15 is 0 Å². The highest BCUT2D eigenvalue weighted by atomic mass is 16.7. The molecule has 4 saturated heterocycles. The van der Waals surface area contributed by atoms with E-state index in [1.807, 2.05) is 18.2 Å². The molecule has 4 fully saturated rings. The predicted molar refractivity (Wildman–Crippen MR) is 103 cm³/mol. The standard InChI is InChI=1S/C22H22N4O2/c23-11-16-2-1-7-24-22(16)26-12-17(15-3-4-18-19(10-15)28-13-27-18)21-20(26)14-5-8-25(21)9-6-14/h1-4,7,10,14,17,20-21H,5-6,8-9,12-13H2/t17-,20+,21+/m1/s1. The van der Waals surface area contributed by atoms with Crippen molar-refractivity contribution >= 4 is 5.82 Å². The van der Waals surface area contributed by atoms with Crippen LogP contribution in [-0.4, -0.2) is 48.4 Å². The van der Waals surface area contributed by atoms with E-state index in [1.54, 1.807) is 6.20 Å². The minimum Gasteiger partial charge on any atom is -0.454 e. The van der Waals surface area contributed by atoms with Crippen LogP contribution in [0, 0.1) is 17.2 Å². The van der Waals surface area contributed by atoms with Crippen LogP contribution in [0.1, 0.15) is 29.9 Å². The first-order chi connectivity index (χ1) is 13.8. The average Bonchev–Trinajstić information content (AvgIpc) is 3.40. The van der Waals surface area contributed by atoms with Crippen LogP contribution in [0.3, 0.4) is 0 Å². The molecule has 28 heavy (non-hydrogen) atoms.